The first-order valence-corrected chi connectivity index (χ1v) is 6.86. The molecule has 0 aliphatic heterocycles. The molecule has 3 aromatic rings. The molecule has 0 amide bonds. The molecule has 100 valence electrons. The highest BCUT2D eigenvalue weighted by Crippen LogP contribution is 2.22. The van der Waals surface area contributed by atoms with Crippen molar-refractivity contribution in [1.29, 1.82) is 0 Å². The molecule has 0 aliphatic rings. The summed E-state index contributed by atoms with van der Waals surface area (Å²) in [5, 5.41) is 5.92. The van der Waals surface area contributed by atoms with E-state index >= 15 is 0 Å². The van der Waals surface area contributed by atoms with Gasteiger partial charge in [0.1, 0.15) is 0 Å². The normalized spacial score (nSPS) is 10.7. The van der Waals surface area contributed by atoms with E-state index in [1.807, 2.05) is 6.07 Å². The van der Waals surface area contributed by atoms with Crippen molar-refractivity contribution in [2.45, 2.75) is 13.1 Å². The minimum Gasteiger partial charge on any atom is -0.381 e. The first-order chi connectivity index (χ1) is 9.86. The minimum absolute atomic E-state index is 0.578. The van der Waals surface area contributed by atoms with Gasteiger partial charge in [0.05, 0.1) is 0 Å². The van der Waals surface area contributed by atoms with Crippen LogP contribution < -0.4 is 11.1 Å². The van der Waals surface area contributed by atoms with Crippen molar-refractivity contribution in [2.75, 3.05) is 5.32 Å². The highest BCUT2D eigenvalue weighted by molar-refractivity contribution is 5.88. The third-order valence-electron chi connectivity index (χ3n) is 3.53. The lowest BCUT2D eigenvalue weighted by molar-refractivity contribution is 1.09. The number of benzene rings is 3. The summed E-state index contributed by atoms with van der Waals surface area (Å²) in [7, 11) is 0. The van der Waals surface area contributed by atoms with Crippen LogP contribution in [-0.4, -0.2) is 0 Å². The Morgan fingerprint density at radius 2 is 1.70 bits per heavy atom. The van der Waals surface area contributed by atoms with Crippen molar-refractivity contribution in [1.82, 2.24) is 0 Å². The average molecular weight is 262 g/mol. The lowest BCUT2D eigenvalue weighted by Crippen LogP contribution is -2.00. The molecule has 0 aromatic heterocycles. The molecule has 0 atom stereocenters. The van der Waals surface area contributed by atoms with Gasteiger partial charge in [0.2, 0.25) is 0 Å². The summed E-state index contributed by atoms with van der Waals surface area (Å²) in [5.74, 6) is 0. The Bertz CT molecular complexity index is 705. The molecule has 0 aliphatic carbocycles. The topological polar surface area (TPSA) is 38.0 Å². The van der Waals surface area contributed by atoms with Gasteiger partial charge in [0, 0.05) is 18.8 Å². The summed E-state index contributed by atoms with van der Waals surface area (Å²) in [6.07, 6.45) is 0. The molecule has 3 N–H and O–H groups in total. The van der Waals surface area contributed by atoms with Crippen LogP contribution in [0.1, 0.15) is 11.1 Å². The van der Waals surface area contributed by atoms with E-state index in [4.69, 9.17) is 5.73 Å². The van der Waals surface area contributed by atoms with Crippen LogP contribution in [0.5, 0.6) is 0 Å². The van der Waals surface area contributed by atoms with Crippen LogP contribution >= 0.6 is 0 Å². The van der Waals surface area contributed by atoms with E-state index in [1.54, 1.807) is 0 Å². The number of hydrogen-bond donors (Lipinski definition) is 2. The highest BCUT2D eigenvalue weighted by Gasteiger charge is 2.00. The average Bonchev–Trinajstić information content (AvgIpc) is 2.53. The fourth-order valence-corrected chi connectivity index (χ4v) is 2.44. The van der Waals surface area contributed by atoms with Gasteiger partial charge in [-0.1, -0.05) is 54.6 Å². The van der Waals surface area contributed by atoms with E-state index in [1.165, 1.54) is 21.9 Å². The summed E-state index contributed by atoms with van der Waals surface area (Å²) < 4.78 is 0. The van der Waals surface area contributed by atoms with Crippen LogP contribution in [0.2, 0.25) is 0 Å². The highest BCUT2D eigenvalue weighted by atomic mass is 14.9. The van der Waals surface area contributed by atoms with E-state index < -0.39 is 0 Å². The van der Waals surface area contributed by atoms with Crippen molar-refractivity contribution < 1.29 is 0 Å². The molecule has 0 bridgehead atoms. The predicted octanol–water partition coefficient (Wildman–Crippen LogP) is 3.91. The molecule has 0 spiro atoms. The summed E-state index contributed by atoms with van der Waals surface area (Å²) in [6.45, 7) is 1.41. The number of rotatable bonds is 4. The van der Waals surface area contributed by atoms with E-state index in [9.17, 15) is 0 Å². The van der Waals surface area contributed by atoms with E-state index in [-0.39, 0.29) is 0 Å². The number of anilines is 1. The lowest BCUT2D eigenvalue weighted by Gasteiger charge is -2.09. The smallest absolute Gasteiger partial charge is 0.0400 e. The second kappa shape index (κ2) is 5.76. The zero-order valence-electron chi connectivity index (χ0n) is 11.3. The molecule has 2 nitrogen and oxygen atoms in total. The molecule has 2 heteroatoms. The lowest BCUT2D eigenvalue weighted by atomic mass is 10.0. The molecule has 0 fully saturated rings. The van der Waals surface area contributed by atoms with Crippen LogP contribution in [0.4, 0.5) is 5.69 Å². The molecular weight excluding hydrogens is 244 g/mol. The molecule has 0 saturated heterocycles. The van der Waals surface area contributed by atoms with Crippen molar-refractivity contribution in [3.8, 4) is 0 Å². The molecular formula is C18H18N2. The Morgan fingerprint density at radius 1 is 0.850 bits per heavy atom. The zero-order valence-corrected chi connectivity index (χ0v) is 11.3. The zero-order chi connectivity index (χ0) is 13.8. The second-order valence-corrected chi connectivity index (χ2v) is 4.90. The largest absolute Gasteiger partial charge is 0.381 e. The van der Waals surface area contributed by atoms with Crippen molar-refractivity contribution in [2.24, 2.45) is 5.73 Å². The Balaban J connectivity index is 1.83. The van der Waals surface area contributed by atoms with Crippen LogP contribution in [0.15, 0.2) is 66.7 Å². The Kier molecular flexibility index (Phi) is 3.66. The monoisotopic (exact) mass is 262 g/mol. The molecule has 0 saturated carbocycles. The number of nitrogens with two attached hydrogens (primary N) is 1. The van der Waals surface area contributed by atoms with Crippen molar-refractivity contribution in [3.63, 3.8) is 0 Å². The van der Waals surface area contributed by atoms with Crippen LogP contribution in [0, 0.1) is 0 Å². The van der Waals surface area contributed by atoms with Crippen molar-refractivity contribution >= 4 is 16.5 Å². The molecule has 3 aromatic carbocycles. The maximum atomic E-state index is 5.77. The Hall–Kier alpha value is -2.32. The fourth-order valence-electron chi connectivity index (χ4n) is 2.44. The van der Waals surface area contributed by atoms with E-state index in [0.717, 1.165) is 12.2 Å². The third-order valence-corrected chi connectivity index (χ3v) is 3.53. The summed E-state index contributed by atoms with van der Waals surface area (Å²) in [5.41, 5.74) is 9.38. The van der Waals surface area contributed by atoms with Gasteiger partial charge in [-0.05, 0) is 34.0 Å². The van der Waals surface area contributed by atoms with Crippen LogP contribution in [0.25, 0.3) is 10.8 Å². The van der Waals surface area contributed by atoms with Gasteiger partial charge in [-0.3, -0.25) is 0 Å². The molecule has 20 heavy (non-hydrogen) atoms. The standard InChI is InChI=1S/C18H18N2/c19-12-16-8-4-7-15-11-17(9-10-18(15)16)20-13-14-5-2-1-3-6-14/h1-11,20H,12-13,19H2. The summed E-state index contributed by atoms with van der Waals surface area (Å²) in [4.78, 5) is 0. The van der Waals surface area contributed by atoms with Gasteiger partial charge in [-0.15, -0.1) is 0 Å². The summed E-state index contributed by atoms with van der Waals surface area (Å²) >= 11 is 0. The predicted molar refractivity (Wildman–Crippen MR) is 85.6 cm³/mol. The first-order valence-electron chi connectivity index (χ1n) is 6.86. The summed E-state index contributed by atoms with van der Waals surface area (Å²) in [6, 6.07) is 23.1. The number of fused-ring (bicyclic) bond motifs is 1. The SMILES string of the molecule is NCc1cccc2cc(NCc3ccccc3)ccc12. The number of hydrogen-bond acceptors (Lipinski definition) is 2. The maximum Gasteiger partial charge on any atom is 0.0400 e. The first kappa shape index (κ1) is 12.7. The van der Waals surface area contributed by atoms with E-state index in [2.05, 4.69) is 66.0 Å². The Labute approximate surface area is 119 Å². The molecule has 0 heterocycles. The Morgan fingerprint density at radius 3 is 2.50 bits per heavy atom. The van der Waals surface area contributed by atoms with E-state index in [0.29, 0.717) is 6.54 Å². The van der Waals surface area contributed by atoms with Crippen LogP contribution in [-0.2, 0) is 13.1 Å². The number of nitrogens with one attached hydrogen (secondary N) is 1. The molecule has 0 unspecified atom stereocenters. The third kappa shape index (κ3) is 2.65. The quantitative estimate of drug-likeness (QED) is 0.748. The molecule has 0 radical (unpaired) electrons. The van der Waals surface area contributed by atoms with Gasteiger partial charge < -0.3 is 11.1 Å². The minimum atomic E-state index is 0.578. The van der Waals surface area contributed by atoms with Gasteiger partial charge in [-0.2, -0.15) is 0 Å². The molecule has 3 rings (SSSR count). The van der Waals surface area contributed by atoms with Crippen LogP contribution in [0.3, 0.4) is 0 Å². The van der Waals surface area contributed by atoms with Gasteiger partial charge in [0.15, 0.2) is 0 Å². The van der Waals surface area contributed by atoms with Gasteiger partial charge in [0.25, 0.3) is 0 Å². The van der Waals surface area contributed by atoms with Gasteiger partial charge >= 0.3 is 0 Å². The van der Waals surface area contributed by atoms with Crippen molar-refractivity contribution in [3.05, 3.63) is 77.9 Å². The second-order valence-electron chi connectivity index (χ2n) is 4.90. The maximum absolute atomic E-state index is 5.77. The van der Waals surface area contributed by atoms with Gasteiger partial charge in [-0.25, -0.2) is 0 Å². The fraction of sp³-hybridized carbons (Fsp3) is 0.111.